The van der Waals surface area contributed by atoms with Crippen molar-refractivity contribution in [2.75, 3.05) is 38.2 Å². The van der Waals surface area contributed by atoms with E-state index in [1.54, 1.807) is 37.4 Å². The zero-order chi connectivity index (χ0) is 18.5. The minimum atomic E-state index is -0.232. The molecule has 8 heteroatoms. The Morgan fingerprint density at radius 1 is 1.15 bits per heavy atom. The highest BCUT2D eigenvalue weighted by Gasteiger charge is 2.18. The first-order chi connectivity index (χ1) is 12.6. The van der Waals surface area contributed by atoms with Crippen LogP contribution in [0.15, 0.2) is 47.5 Å². The van der Waals surface area contributed by atoms with Crippen LogP contribution >= 0.6 is 24.0 Å². The number of guanidine groups is 1. The van der Waals surface area contributed by atoms with Crippen molar-refractivity contribution in [2.45, 2.75) is 6.54 Å². The second-order valence-electron chi connectivity index (χ2n) is 6.12. The minimum Gasteiger partial charge on any atom is -0.508 e. The van der Waals surface area contributed by atoms with Gasteiger partial charge in [0, 0.05) is 37.4 Å². The van der Waals surface area contributed by atoms with E-state index in [1.807, 2.05) is 4.90 Å². The van der Waals surface area contributed by atoms with Gasteiger partial charge in [-0.15, -0.1) is 24.0 Å². The van der Waals surface area contributed by atoms with Gasteiger partial charge in [0.15, 0.2) is 5.96 Å². The molecular formula is C19H24FIN4O2. The number of piperazine rings is 1. The van der Waals surface area contributed by atoms with E-state index in [1.165, 1.54) is 12.1 Å². The van der Waals surface area contributed by atoms with Gasteiger partial charge in [-0.3, -0.25) is 0 Å². The molecular weight excluding hydrogens is 462 g/mol. The van der Waals surface area contributed by atoms with Crippen LogP contribution in [0.4, 0.5) is 10.1 Å². The standard InChI is InChI=1S/C19H23FN4O2.HI/c1-26-17-6-7-18(25)14(12-17)13-22-19(21)24-10-8-23(9-11-24)16-4-2-15(20)3-5-16;/h2-7,12,25H,8-11,13H2,1H3,(H2,21,22);1H. The zero-order valence-corrected chi connectivity index (χ0v) is 17.5. The van der Waals surface area contributed by atoms with E-state index in [2.05, 4.69) is 9.89 Å². The number of hydrogen-bond acceptors (Lipinski definition) is 4. The highest BCUT2D eigenvalue weighted by Crippen LogP contribution is 2.23. The summed E-state index contributed by atoms with van der Waals surface area (Å²) in [6.07, 6.45) is 0. The monoisotopic (exact) mass is 486 g/mol. The fourth-order valence-electron chi connectivity index (χ4n) is 2.93. The van der Waals surface area contributed by atoms with Gasteiger partial charge in [-0.25, -0.2) is 9.38 Å². The van der Waals surface area contributed by atoms with Crippen LogP contribution in [-0.4, -0.2) is 49.3 Å². The molecule has 1 aliphatic heterocycles. The maximum absolute atomic E-state index is 13.0. The van der Waals surface area contributed by atoms with Crippen LogP contribution < -0.4 is 15.4 Å². The lowest BCUT2D eigenvalue weighted by molar-refractivity contribution is 0.380. The van der Waals surface area contributed by atoms with Crippen LogP contribution in [0.2, 0.25) is 0 Å². The van der Waals surface area contributed by atoms with Crippen molar-refractivity contribution in [1.82, 2.24) is 4.90 Å². The lowest BCUT2D eigenvalue weighted by Crippen LogP contribution is -2.51. The molecule has 0 unspecified atom stereocenters. The second kappa shape index (κ2) is 9.63. The quantitative estimate of drug-likeness (QED) is 0.395. The summed E-state index contributed by atoms with van der Waals surface area (Å²) in [5.74, 6) is 1.05. The number of rotatable bonds is 4. The number of ether oxygens (including phenoxy) is 1. The van der Waals surface area contributed by atoms with Gasteiger partial charge in [-0.05, 0) is 42.5 Å². The zero-order valence-electron chi connectivity index (χ0n) is 15.1. The van der Waals surface area contributed by atoms with Crippen molar-refractivity contribution in [2.24, 2.45) is 10.7 Å². The molecule has 3 rings (SSSR count). The first-order valence-corrected chi connectivity index (χ1v) is 8.48. The van der Waals surface area contributed by atoms with E-state index in [4.69, 9.17) is 10.5 Å². The third kappa shape index (κ3) is 5.38. The number of phenolic OH excluding ortho intramolecular Hbond substituents is 1. The lowest BCUT2D eigenvalue weighted by Gasteiger charge is -2.36. The third-order valence-corrected chi connectivity index (χ3v) is 4.49. The lowest BCUT2D eigenvalue weighted by atomic mass is 10.2. The molecule has 0 atom stereocenters. The van der Waals surface area contributed by atoms with Gasteiger partial charge in [0.2, 0.25) is 0 Å². The second-order valence-corrected chi connectivity index (χ2v) is 6.12. The van der Waals surface area contributed by atoms with E-state index in [0.29, 0.717) is 17.3 Å². The summed E-state index contributed by atoms with van der Waals surface area (Å²) in [6, 6.07) is 11.5. The summed E-state index contributed by atoms with van der Waals surface area (Å²) >= 11 is 0. The van der Waals surface area contributed by atoms with Crippen LogP contribution in [-0.2, 0) is 6.54 Å². The van der Waals surface area contributed by atoms with E-state index in [9.17, 15) is 9.50 Å². The molecule has 27 heavy (non-hydrogen) atoms. The molecule has 1 saturated heterocycles. The number of aliphatic imine (C=N–C) groups is 1. The Labute approximate surface area is 175 Å². The summed E-state index contributed by atoms with van der Waals surface area (Å²) in [5.41, 5.74) is 7.78. The molecule has 0 aliphatic carbocycles. The van der Waals surface area contributed by atoms with E-state index >= 15 is 0 Å². The Bertz CT molecular complexity index is 778. The van der Waals surface area contributed by atoms with Crippen molar-refractivity contribution in [3.63, 3.8) is 0 Å². The maximum atomic E-state index is 13.0. The number of anilines is 1. The average molecular weight is 486 g/mol. The molecule has 3 N–H and O–H groups in total. The van der Waals surface area contributed by atoms with Crippen LogP contribution in [0.5, 0.6) is 11.5 Å². The van der Waals surface area contributed by atoms with Crippen molar-refractivity contribution >= 4 is 35.6 Å². The van der Waals surface area contributed by atoms with Crippen LogP contribution in [0, 0.1) is 5.82 Å². The molecule has 0 aromatic heterocycles. The van der Waals surface area contributed by atoms with Gasteiger partial charge >= 0.3 is 0 Å². The summed E-state index contributed by atoms with van der Waals surface area (Å²) in [5, 5.41) is 9.92. The Kier molecular flexibility index (Phi) is 7.52. The van der Waals surface area contributed by atoms with E-state index in [0.717, 1.165) is 31.9 Å². The van der Waals surface area contributed by atoms with Crippen molar-refractivity contribution < 1.29 is 14.2 Å². The van der Waals surface area contributed by atoms with Crippen LogP contribution in [0.3, 0.4) is 0 Å². The number of aromatic hydroxyl groups is 1. The largest absolute Gasteiger partial charge is 0.508 e. The van der Waals surface area contributed by atoms with Gasteiger partial charge in [0.05, 0.1) is 13.7 Å². The molecule has 2 aromatic rings. The third-order valence-electron chi connectivity index (χ3n) is 4.49. The average Bonchev–Trinajstić information content (AvgIpc) is 2.68. The fraction of sp³-hybridized carbons (Fsp3) is 0.316. The number of phenols is 1. The van der Waals surface area contributed by atoms with Crippen LogP contribution in [0.1, 0.15) is 5.56 Å². The normalized spacial score (nSPS) is 14.7. The minimum absolute atomic E-state index is 0. The number of hydrogen-bond donors (Lipinski definition) is 2. The molecule has 1 aliphatic rings. The Hall–Kier alpha value is -2.23. The summed E-state index contributed by atoms with van der Waals surface area (Å²) < 4.78 is 18.2. The predicted octanol–water partition coefficient (Wildman–Crippen LogP) is 2.79. The Morgan fingerprint density at radius 2 is 1.81 bits per heavy atom. The van der Waals surface area contributed by atoms with E-state index in [-0.39, 0.29) is 42.1 Å². The SMILES string of the molecule is COc1ccc(O)c(CN=C(N)N2CCN(c3ccc(F)cc3)CC2)c1.I. The molecule has 146 valence electrons. The first-order valence-electron chi connectivity index (χ1n) is 8.48. The number of halogens is 2. The molecule has 0 radical (unpaired) electrons. The van der Waals surface area contributed by atoms with Crippen LogP contribution in [0.25, 0.3) is 0 Å². The molecule has 1 fully saturated rings. The Balaban J connectivity index is 0.00000261. The first kappa shape index (κ1) is 21.1. The number of benzene rings is 2. The Morgan fingerprint density at radius 3 is 2.44 bits per heavy atom. The van der Waals surface area contributed by atoms with Gasteiger partial charge in [-0.1, -0.05) is 0 Å². The molecule has 2 aromatic carbocycles. The van der Waals surface area contributed by atoms with Crippen molar-refractivity contribution in [3.8, 4) is 11.5 Å². The van der Waals surface area contributed by atoms with Gasteiger partial charge in [0.25, 0.3) is 0 Å². The maximum Gasteiger partial charge on any atom is 0.191 e. The van der Waals surface area contributed by atoms with Crippen molar-refractivity contribution in [1.29, 1.82) is 0 Å². The number of nitrogens with zero attached hydrogens (tertiary/aromatic N) is 3. The summed E-state index contributed by atoms with van der Waals surface area (Å²) in [7, 11) is 1.58. The summed E-state index contributed by atoms with van der Waals surface area (Å²) in [6.45, 7) is 3.32. The molecule has 6 nitrogen and oxygen atoms in total. The molecule has 0 bridgehead atoms. The highest BCUT2D eigenvalue weighted by atomic mass is 127. The fourth-order valence-corrected chi connectivity index (χ4v) is 2.93. The van der Waals surface area contributed by atoms with Gasteiger partial charge in [-0.2, -0.15) is 0 Å². The molecule has 0 amide bonds. The number of nitrogens with two attached hydrogens (primary N) is 1. The molecule has 1 heterocycles. The van der Waals surface area contributed by atoms with Gasteiger partial charge in [0.1, 0.15) is 17.3 Å². The predicted molar refractivity (Wildman–Crippen MR) is 116 cm³/mol. The molecule has 0 saturated carbocycles. The number of methoxy groups -OCH3 is 1. The molecule has 0 spiro atoms. The highest BCUT2D eigenvalue weighted by molar-refractivity contribution is 14.0. The van der Waals surface area contributed by atoms with Crippen molar-refractivity contribution in [3.05, 3.63) is 53.8 Å². The van der Waals surface area contributed by atoms with Gasteiger partial charge < -0.3 is 25.4 Å². The summed E-state index contributed by atoms with van der Waals surface area (Å²) in [4.78, 5) is 8.60. The topological polar surface area (TPSA) is 74.3 Å². The smallest absolute Gasteiger partial charge is 0.191 e. The van der Waals surface area contributed by atoms with E-state index < -0.39 is 0 Å².